The van der Waals surface area contributed by atoms with Crippen molar-refractivity contribution >= 4 is 18.3 Å². The molecule has 12 heavy (non-hydrogen) atoms. The van der Waals surface area contributed by atoms with Crippen LogP contribution in [0, 0.1) is 11.3 Å². The monoisotopic (exact) mass is 162 g/mol. The van der Waals surface area contributed by atoms with E-state index in [1.165, 1.54) is 18.2 Å². The number of hydrogen-bond acceptors (Lipinski definition) is 4. The third kappa shape index (κ3) is 1.56. The maximum absolute atomic E-state index is 8.73. The van der Waals surface area contributed by atoms with Gasteiger partial charge in [-0.15, -0.1) is 0 Å². The van der Waals surface area contributed by atoms with Gasteiger partial charge in [-0.05, 0) is 17.6 Å². The second-order valence-electron chi connectivity index (χ2n) is 2.33. The van der Waals surface area contributed by atoms with E-state index in [1.807, 2.05) is 6.07 Å². The molecule has 0 bridgehead atoms. The first-order valence-corrected chi connectivity index (χ1v) is 3.31. The van der Waals surface area contributed by atoms with Crippen molar-refractivity contribution in [2.24, 2.45) is 0 Å². The van der Waals surface area contributed by atoms with E-state index in [4.69, 9.17) is 21.0 Å². The van der Waals surface area contributed by atoms with Crippen molar-refractivity contribution in [3.05, 3.63) is 23.8 Å². The number of benzene rings is 1. The number of nitriles is 1. The summed E-state index contributed by atoms with van der Waals surface area (Å²) >= 11 is 0. The lowest BCUT2D eigenvalue weighted by atomic mass is 9.80. The van der Waals surface area contributed by atoms with Gasteiger partial charge >= 0.3 is 7.12 Å². The molecule has 0 fully saturated rings. The Morgan fingerprint density at radius 2 is 2.08 bits per heavy atom. The van der Waals surface area contributed by atoms with Gasteiger partial charge in [-0.1, -0.05) is 6.07 Å². The molecule has 5 heteroatoms. The minimum Gasteiger partial charge on any atom is -0.423 e. The molecule has 0 aromatic heterocycles. The minimum atomic E-state index is -1.54. The average molecular weight is 162 g/mol. The van der Waals surface area contributed by atoms with E-state index in [2.05, 4.69) is 0 Å². The zero-order chi connectivity index (χ0) is 9.14. The van der Waals surface area contributed by atoms with E-state index < -0.39 is 7.12 Å². The van der Waals surface area contributed by atoms with Crippen LogP contribution in [0.3, 0.4) is 0 Å². The fourth-order valence-electron chi connectivity index (χ4n) is 0.844. The van der Waals surface area contributed by atoms with Crippen LogP contribution in [0.15, 0.2) is 18.2 Å². The lowest BCUT2D eigenvalue weighted by molar-refractivity contribution is 0.426. The number of anilines is 1. The minimum absolute atomic E-state index is 0.253. The summed E-state index contributed by atoms with van der Waals surface area (Å²) in [6, 6.07) is 6.13. The molecule has 0 atom stereocenters. The van der Waals surface area contributed by atoms with E-state index in [0.717, 1.165) is 0 Å². The molecule has 0 heterocycles. The topological polar surface area (TPSA) is 90.3 Å². The zero-order valence-electron chi connectivity index (χ0n) is 6.23. The largest absolute Gasteiger partial charge is 0.488 e. The fourth-order valence-corrected chi connectivity index (χ4v) is 0.844. The summed E-state index contributed by atoms with van der Waals surface area (Å²) in [5.74, 6) is 0. The second kappa shape index (κ2) is 3.26. The molecule has 0 amide bonds. The molecule has 0 saturated heterocycles. The van der Waals surface area contributed by atoms with Crippen molar-refractivity contribution in [2.45, 2.75) is 0 Å². The van der Waals surface area contributed by atoms with Crippen molar-refractivity contribution in [1.29, 1.82) is 5.26 Å². The highest BCUT2D eigenvalue weighted by atomic mass is 16.4. The van der Waals surface area contributed by atoms with Gasteiger partial charge in [-0.2, -0.15) is 5.26 Å². The normalized spacial score (nSPS) is 9.08. The Hall–Kier alpha value is -1.51. The summed E-state index contributed by atoms with van der Waals surface area (Å²) in [6.45, 7) is 0. The van der Waals surface area contributed by atoms with Crippen LogP contribution in [0.5, 0.6) is 0 Å². The summed E-state index contributed by atoms with van der Waals surface area (Å²) in [4.78, 5) is 0. The van der Waals surface area contributed by atoms with Crippen LogP contribution in [0.1, 0.15) is 5.56 Å². The van der Waals surface area contributed by atoms with Crippen molar-refractivity contribution in [1.82, 2.24) is 0 Å². The Morgan fingerprint density at radius 1 is 1.42 bits per heavy atom. The van der Waals surface area contributed by atoms with E-state index in [1.54, 1.807) is 0 Å². The van der Waals surface area contributed by atoms with Crippen molar-refractivity contribution in [3.63, 3.8) is 0 Å². The molecule has 0 aliphatic carbocycles. The van der Waals surface area contributed by atoms with Gasteiger partial charge in [0.25, 0.3) is 0 Å². The summed E-state index contributed by atoms with van der Waals surface area (Å²) in [6.07, 6.45) is 0. The summed E-state index contributed by atoms with van der Waals surface area (Å²) in [5.41, 5.74) is 6.29. The van der Waals surface area contributed by atoms with E-state index in [9.17, 15) is 0 Å². The van der Waals surface area contributed by atoms with Gasteiger partial charge in [0, 0.05) is 5.69 Å². The molecule has 0 saturated carbocycles. The maximum atomic E-state index is 8.73. The number of nitrogens with two attached hydrogens (primary N) is 1. The lowest BCUT2D eigenvalue weighted by Crippen LogP contribution is -2.29. The first-order chi connectivity index (χ1) is 5.65. The van der Waals surface area contributed by atoms with Gasteiger partial charge in [0.05, 0.1) is 5.56 Å². The van der Waals surface area contributed by atoms with Gasteiger partial charge in [-0.3, -0.25) is 0 Å². The third-order valence-corrected chi connectivity index (χ3v) is 1.49. The highest BCUT2D eigenvalue weighted by Gasteiger charge is 2.11. The number of hydrogen-bond donors (Lipinski definition) is 3. The molecule has 0 spiro atoms. The maximum Gasteiger partial charge on any atom is 0.488 e. The predicted octanol–water partition coefficient (Wildman–Crippen LogP) is -1.18. The Morgan fingerprint density at radius 3 is 2.50 bits per heavy atom. The van der Waals surface area contributed by atoms with E-state index in [0.29, 0.717) is 5.56 Å². The van der Waals surface area contributed by atoms with Crippen LogP contribution >= 0.6 is 0 Å². The Balaban J connectivity index is 3.12. The molecule has 1 aromatic rings. The molecule has 0 unspecified atom stereocenters. The number of nitrogens with zero attached hydrogens (tertiary/aromatic N) is 1. The first kappa shape index (κ1) is 8.59. The highest BCUT2D eigenvalue weighted by Crippen LogP contribution is 2.06. The molecule has 0 aliphatic heterocycles. The van der Waals surface area contributed by atoms with Crippen molar-refractivity contribution < 1.29 is 10.0 Å². The molecule has 4 N–H and O–H groups in total. The second-order valence-corrected chi connectivity index (χ2v) is 2.33. The van der Waals surface area contributed by atoms with Crippen molar-refractivity contribution in [3.8, 4) is 6.07 Å². The molecular weight excluding hydrogens is 155 g/mol. The van der Waals surface area contributed by atoms with Crippen LogP contribution in [0.4, 0.5) is 5.69 Å². The predicted molar refractivity (Wildman–Crippen MR) is 45.4 cm³/mol. The molecule has 0 aliphatic rings. The third-order valence-electron chi connectivity index (χ3n) is 1.49. The SMILES string of the molecule is N#Cc1ccc(B(O)O)cc1N. The molecule has 4 nitrogen and oxygen atoms in total. The van der Waals surface area contributed by atoms with Crippen LogP contribution < -0.4 is 11.2 Å². The van der Waals surface area contributed by atoms with Gasteiger partial charge < -0.3 is 15.8 Å². The van der Waals surface area contributed by atoms with Gasteiger partial charge in [0.1, 0.15) is 6.07 Å². The Kier molecular flexibility index (Phi) is 2.33. The smallest absolute Gasteiger partial charge is 0.423 e. The van der Waals surface area contributed by atoms with Gasteiger partial charge in [-0.25, -0.2) is 0 Å². The summed E-state index contributed by atoms with van der Waals surface area (Å²) < 4.78 is 0. The quantitative estimate of drug-likeness (QED) is 0.358. The van der Waals surface area contributed by atoms with Crippen LogP contribution in [0.25, 0.3) is 0 Å². The van der Waals surface area contributed by atoms with Crippen molar-refractivity contribution in [2.75, 3.05) is 5.73 Å². The lowest BCUT2D eigenvalue weighted by Gasteiger charge is -2.01. The van der Waals surface area contributed by atoms with Crippen LogP contribution in [-0.2, 0) is 0 Å². The standard InChI is InChI=1S/C7H7BN2O2/c9-4-5-1-2-6(8(11)12)3-7(5)10/h1-3,11-12H,10H2. The Bertz CT molecular complexity index is 333. The first-order valence-electron chi connectivity index (χ1n) is 3.31. The van der Waals surface area contributed by atoms with Crippen LogP contribution in [-0.4, -0.2) is 17.2 Å². The van der Waals surface area contributed by atoms with E-state index in [-0.39, 0.29) is 11.2 Å². The average Bonchev–Trinajstić information content (AvgIpc) is 2.04. The molecular formula is C7H7BN2O2. The summed E-state index contributed by atoms with van der Waals surface area (Å²) in [7, 11) is -1.54. The molecule has 60 valence electrons. The molecule has 1 aromatic carbocycles. The fraction of sp³-hybridized carbons (Fsp3) is 0. The number of rotatable bonds is 1. The van der Waals surface area contributed by atoms with Crippen LogP contribution in [0.2, 0.25) is 0 Å². The molecule has 1 rings (SSSR count). The zero-order valence-corrected chi connectivity index (χ0v) is 6.23. The van der Waals surface area contributed by atoms with Gasteiger partial charge in [0.2, 0.25) is 0 Å². The highest BCUT2D eigenvalue weighted by molar-refractivity contribution is 6.58. The number of nitrogen functional groups attached to an aromatic ring is 1. The molecule has 0 radical (unpaired) electrons. The van der Waals surface area contributed by atoms with Gasteiger partial charge in [0.15, 0.2) is 0 Å². The summed E-state index contributed by atoms with van der Waals surface area (Å²) in [5, 5.41) is 26.0. The Labute approximate surface area is 70.0 Å². The van der Waals surface area contributed by atoms with E-state index >= 15 is 0 Å².